The largest absolute Gasteiger partial charge is 0.465 e. The number of carbonyl (C=O) groups is 1. The van der Waals surface area contributed by atoms with Crippen LogP contribution >= 0.6 is 22.2 Å². The number of nitrogens with zero attached hydrogens (tertiary/aromatic N) is 2. The van der Waals surface area contributed by atoms with Gasteiger partial charge in [0.15, 0.2) is 0 Å². The van der Waals surface area contributed by atoms with Gasteiger partial charge in [-0.05, 0) is 62.1 Å². The predicted octanol–water partition coefficient (Wildman–Crippen LogP) is 5.91. The number of benzene rings is 1. The van der Waals surface area contributed by atoms with Crippen molar-refractivity contribution in [1.29, 1.82) is 0 Å². The van der Waals surface area contributed by atoms with E-state index in [1.807, 2.05) is 0 Å². The van der Waals surface area contributed by atoms with Crippen LogP contribution in [0.5, 0.6) is 0 Å². The molecule has 1 amide bonds. The second-order valence-electron chi connectivity index (χ2n) is 8.42. The van der Waals surface area contributed by atoms with Crippen molar-refractivity contribution in [3.63, 3.8) is 0 Å². The van der Waals surface area contributed by atoms with E-state index < -0.39 is 38.6 Å². The maximum atomic E-state index is 14.9. The number of rotatable bonds is 3. The Morgan fingerprint density at radius 3 is 2.58 bits per heavy atom. The number of hydrogen-bond acceptors (Lipinski definition) is 5. The first-order valence-corrected chi connectivity index (χ1v) is 12.2. The predicted molar refractivity (Wildman–Crippen MR) is 125 cm³/mol. The second-order valence-corrected chi connectivity index (χ2v) is 11.3. The Bertz CT molecular complexity index is 1170. The molecule has 1 aromatic carbocycles. The van der Waals surface area contributed by atoms with Crippen LogP contribution in [-0.4, -0.2) is 41.6 Å². The fourth-order valence-electron chi connectivity index (χ4n) is 4.29. The molecule has 2 aliphatic rings. The van der Waals surface area contributed by atoms with E-state index in [2.05, 4.69) is 15.3 Å². The van der Waals surface area contributed by atoms with Gasteiger partial charge in [0.05, 0.1) is 16.5 Å². The average molecular weight is 498 g/mol. The molecule has 7 nitrogen and oxygen atoms in total. The number of carboxylic acid groups (broad SMARTS) is 1. The molecule has 2 heterocycles. The lowest BCUT2D eigenvalue weighted by Gasteiger charge is -2.60. The summed E-state index contributed by atoms with van der Waals surface area (Å²) in [4.78, 5) is 19.8. The molecule has 1 aliphatic heterocycles. The van der Waals surface area contributed by atoms with Crippen molar-refractivity contribution >= 4 is 46.0 Å². The minimum absolute atomic E-state index is 0.00745. The van der Waals surface area contributed by atoms with Gasteiger partial charge in [-0.3, -0.25) is 24.4 Å². The monoisotopic (exact) mass is 497 g/mol. The second kappa shape index (κ2) is 8.35. The molecule has 4 N–H and O–H groups in total. The number of pyridine rings is 1. The molecule has 1 atom stereocenters. The van der Waals surface area contributed by atoms with E-state index in [1.54, 1.807) is 0 Å². The van der Waals surface area contributed by atoms with E-state index in [0.717, 1.165) is 12.1 Å². The zero-order valence-electron chi connectivity index (χ0n) is 17.6. The number of aromatic nitrogens is 1. The van der Waals surface area contributed by atoms with Gasteiger partial charge in [-0.2, -0.15) is 10.6 Å². The van der Waals surface area contributed by atoms with Crippen molar-refractivity contribution in [3.8, 4) is 0 Å². The fourth-order valence-corrected chi connectivity index (χ4v) is 7.03. The first kappa shape index (κ1) is 23.6. The summed E-state index contributed by atoms with van der Waals surface area (Å²) < 4.78 is 50.5. The van der Waals surface area contributed by atoms with Crippen molar-refractivity contribution in [1.82, 2.24) is 10.3 Å². The van der Waals surface area contributed by atoms with Gasteiger partial charge in [-0.25, -0.2) is 13.6 Å². The molecule has 1 aliphatic carbocycles. The van der Waals surface area contributed by atoms with Crippen LogP contribution in [0.2, 0.25) is 5.02 Å². The summed E-state index contributed by atoms with van der Waals surface area (Å²) in [5.41, 5.74) is -1.15. The summed E-state index contributed by atoms with van der Waals surface area (Å²) in [6.45, 7) is 1.50. The summed E-state index contributed by atoms with van der Waals surface area (Å²) in [7, 11) is -3.37. The van der Waals surface area contributed by atoms with Crippen LogP contribution in [0.4, 0.5) is 13.6 Å². The van der Waals surface area contributed by atoms with Crippen molar-refractivity contribution in [2.75, 3.05) is 5.75 Å². The number of halogens is 3. The molecule has 1 saturated carbocycles. The Morgan fingerprint density at radius 2 is 2.00 bits per heavy atom. The van der Waals surface area contributed by atoms with E-state index in [4.69, 9.17) is 11.6 Å². The highest BCUT2D eigenvalue weighted by Gasteiger charge is 2.58. The zero-order valence-corrected chi connectivity index (χ0v) is 19.1. The molecule has 1 fully saturated rings. The third kappa shape index (κ3) is 4.23. The van der Waals surface area contributed by atoms with Crippen LogP contribution in [0.1, 0.15) is 43.0 Å². The van der Waals surface area contributed by atoms with E-state index in [9.17, 15) is 27.8 Å². The van der Waals surface area contributed by atoms with Crippen LogP contribution in [0.3, 0.4) is 0 Å². The van der Waals surface area contributed by atoms with Gasteiger partial charge >= 0.3 is 6.09 Å². The maximum absolute atomic E-state index is 14.9. The van der Waals surface area contributed by atoms with Gasteiger partial charge in [0.25, 0.3) is 0 Å². The smallest absolute Gasteiger partial charge is 0.410 e. The van der Waals surface area contributed by atoms with E-state index in [-0.39, 0.29) is 22.8 Å². The molecule has 11 heteroatoms. The highest BCUT2D eigenvalue weighted by molar-refractivity contribution is 8.26. The zero-order chi connectivity index (χ0) is 24.0. The Morgan fingerprint density at radius 1 is 1.27 bits per heavy atom. The molecular weight excluding hydrogens is 476 g/mol. The molecular formula is C22H22ClF2N3O4S. The summed E-state index contributed by atoms with van der Waals surface area (Å²) in [5, 5.41) is 11.8. The third-order valence-corrected chi connectivity index (χ3v) is 9.16. The molecule has 1 aromatic heterocycles. The molecule has 1 unspecified atom stereocenters. The van der Waals surface area contributed by atoms with Crippen molar-refractivity contribution < 1.29 is 27.8 Å². The first-order chi connectivity index (χ1) is 15.5. The Kier molecular flexibility index (Phi) is 5.98. The first-order valence-electron chi connectivity index (χ1n) is 10.1. The highest BCUT2D eigenvalue weighted by atomic mass is 35.5. The highest BCUT2D eigenvalue weighted by Crippen LogP contribution is 2.67. The van der Waals surface area contributed by atoms with Crippen LogP contribution < -0.4 is 5.32 Å². The van der Waals surface area contributed by atoms with E-state index in [0.29, 0.717) is 29.8 Å². The molecule has 4 rings (SSSR count). The van der Waals surface area contributed by atoms with Gasteiger partial charge < -0.3 is 5.11 Å². The van der Waals surface area contributed by atoms with Gasteiger partial charge in [0, 0.05) is 11.8 Å². The summed E-state index contributed by atoms with van der Waals surface area (Å²) in [6.07, 6.45) is 2.51. The van der Waals surface area contributed by atoms with E-state index in [1.165, 1.54) is 37.4 Å². The summed E-state index contributed by atoms with van der Waals surface area (Å²) in [5.74, 6) is -1.71. The minimum Gasteiger partial charge on any atom is -0.465 e. The quantitative estimate of drug-likeness (QED) is 0.421. The number of nitrogens with one attached hydrogen (secondary N) is 1. The van der Waals surface area contributed by atoms with Gasteiger partial charge in [0.2, 0.25) is 0 Å². The molecule has 0 radical (unpaired) electrons. The van der Waals surface area contributed by atoms with Gasteiger partial charge in [-0.15, -0.1) is 0 Å². The molecule has 1 spiro atoms. The number of amides is 1. The fraction of sp³-hybridized carbons (Fsp3) is 0.318. The SMILES string of the molecule is CC1(c2cc(C=C(F)c3ccc(Cl)cn3)ccc2F)CS(O)(O)C2(CCC2)C(NC(=O)O)=N1. The summed E-state index contributed by atoms with van der Waals surface area (Å²) in [6, 6.07) is 6.76. The van der Waals surface area contributed by atoms with Gasteiger partial charge in [-0.1, -0.05) is 17.7 Å². The molecule has 0 bridgehead atoms. The van der Waals surface area contributed by atoms with Crippen molar-refractivity contribution in [3.05, 3.63) is 64.2 Å². The van der Waals surface area contributed by atoms with E-state index >= 15 is 0 Å². The lowest BCUT2D eigenvalue weighted by Crippen LogP contribution is -2.61. The van der Waals surface area contributed by atoms with Crippen LogP contribution in [-0.2, 0) is 5.54 Å². The van der Waals surface area contributed by atoms with Crippen LogP contribution in [0.25, 0.3) is 11.9 Å². The Labute approximate surface area is 195 Å². The Balaban J connectivity index is 1.77. The molecule has 176 valence electrons. The number of hydrogen-bond donors (Lipinski definition) is 4. The minimum atomic E-state index is -3.37. The standard InChI is InChI=1S/C22H22ClF2N3O4S/c1-21(12-33(31,32)22(7-2-8-22)19(28-21)27-20(29)30)15-9-13(3-5-16(15)24)10-17(25)18-6-4-14(23)11-26-18/h3-6,9-11,31-32H,2,7-8,12H2,1H3,(H,27,28)(H,29,30). The lowest BCUT2D eigenvalue weighted by molar-refractivity contribution is 0.199. The van der Waals surface area contributed by atoms with Gasteiger partial charge in [0.1, 0.15) is 27.8 Å². The lowest BCUT2D eigenvalue weighted by atomic mass is 9.81. The number of aliphatic imine (C=N–C) groups is 1. The third-order valence-electron chi connectivity index (χ3n) is 6.12. The molecule has 33 heavy (non-hydrogen) atoms. The Hall–Kier alpha value is -2.53. The molecule has 2 aromatic rings. The topological polar surface area (TPSA) is 115 Å². The van der Waals surface area contributed by atoms with Crippen molar-refractivity contribution in [2.45, 2.75) is 36.5 Å². The normalized spacial score (nSPS) is 24.5. The van der Waals surface area contributed by atoms with Crippen LogP contribution in [0, 0.1) is 5.82 Å². The van der Waals surface area contributed by atoms with Crippen molar-refractivity contribution in [2.24, 2.45) is 4.99 Å². The summed E-state index contributed by atoms with van der Waals surface area (Å²) >= 11 is 5.78. The average Bonchev–Trinajstić information content (AvgIpc) is 2.67. The van der Waals surface area contributed by atoms with Crippen LogP contribution in [0.15, 0.2) is 41.5 Å². The molecule has 0 saturated heterocycles. The number of amidine groups is 1. The maximum Gasteiger partial charge on any atom is 0.410 e.